The number of esters is 1. The number of aryl methyl sites for hydroxylation is 2. The van der Waals surface area contributed by atoms with E-state index in [-0.39, 0.29) is 24.1 Å². The van der Waals surface area contributed by atoms with Gasteiger partial charge in [0.15, 0.2) is 6.61 Å². The van der Waals surface area contributed by atoms with E-state index in [1.165, 1.54) is 9.87 Å². The van der Waals surface area contributed by atoms with Gasteiger partial charge in [-0.05, 0) is 63.8 Å². The van der Waals surface area contributed by atoms with Crippen LogP contribution in [0.5, 0.6) is 5.75 Å². The van der Waals surface area contributed by atoms with Crippen molar-refractivity contribution < 1.29 is 27.5 Å². The fourth-order valence-electron chi connectivity index (χ4n) is 4.35. The van der Waals surface area contributed by atoms with Gasteiger partial charge >= 0.3 is 5.97 Å². The van der Waals surface area contributed by atoms with Crippen molar-refractivity contribution in [3.8, 4) is 5.75 Å². The molecule has 1 aliphatic heterocycles. The number of hydrogen-bond acceptors (Lipinski definition) is 6. The number of carbonyl (C=O) groups excluding carboxylic acids is 2. The van der Waals surface area contributed by atoms with Crippen molar-refractivity contribution in [1.29, 1.82) is 0 Å². The summed E-state index contributed by atoms with van der Waals surface area (Å²) in [4.78, 5) is 25.3. The molecule has 0 bridgehead atoms. The van der Waals surface area contributed by atoms with Gasteiger partial charge < -0.3 is 14.0 Å². The summed E-state index contributed by atoms with van der Waals surface area (Å²) in [6, 6.07) is 9.76. The van der Waals surface area contributed by atoms with Crippen molar-refractivity contribution in [2.24, 2.45) is 5.92 Å². The maximum atomic E-state index is 12.8. The Kier molecular flexibility index (Phi) is 8.54. The Balaban J connectivity index is 1.53. The number of piperidine rings is 1. The van der Waals surface area contributed by atoms with Gasteiger partial charge in [0, 0.05) is 36.6 Å². The van der Waals surface area contributed by atoms with Gasteiger partial charge in [0.25, 0.3) is 0 Å². The predicted molar refractivity (Wildman–Crippen MR) is 130 cm³/mol. The lowest BCUT2D eigenvalue weighted by Gasteiger charge is -2.29. The minimum Gasteiger partial charge on any atom is -0.497 e. The average Bonchev–Trinajstić information content (AvgIpc) is 3.14. The number of Topliss-reactive ketones (excluding diaryl/α,β-unsaturated/α-hetero) is 1. The van der Waals surface area contributed by atoms with Gasteiger partial charge in [-0.3, -0.25) is 9.59 Å². The number of carbonyl (C=O) groups is 2. The molecule has 0 unspecified atom stereocenters. The lowest BCUT2D eigenvalue weighted by atomic mass is 9.98. The van der Waals surface area contributed by atoms with Crippen LogP contribution in [0.25, 0.3) is 0 Å². The zero-order valence-electron chi connectivity index (χ0n) is 20.4. The van der Waals surface area contributed by atoms with Crippen LogP contribution in [0, 0.1) is 19.8 Å². The van der Waals surface area contributed by atoms with Crippen LogP contribution in [0.3, 0.4) is 0 Å². The van der Waals surface area contributed by atoms with Gasteiger partial charge in [0.05, 0.1) is 18.8 Å². The summed E-state index contributed by atoms with van der Waals surface area (Å²) in [6.45, 7) is 6.50. The van der Waals surface area contributed by atoms with Crippen molar-refractivity contribution in [2.75, 3.05) is 32.6 Å². The second-order valence-electron chi connectivity index (χ2n) is 8.64. The van der Waals surface area contributed by atoms with E-state index in [9.17, 15) is 18.0 Å². The molecule has 2 heterocycles. The highest BCUT2D eigenvalue weighted by Gasteiger charge is 2.31. The standard InChI is InChI=1S/C25H34N2O6S/c1-5-34(30,31)26-13-11-21(12-14-26)25(29)33-17-24(28)23-16-18(2)27(19(23)3)15-10-20-6-8-22(32-4)9-7-20/h6-9,16,21H,5,10-15,17H2,1-4H3. The number of methoxy groups -OCH3 is 1. The largest absolute Gasteiger partial charge is 0.497 e. The molecular formula is C25H34N2O6S. The summed E-state index contributed by atoms with van der Waals surface area (Å²) in [5, 5.41) is 0. The number of hydrogen-bond donors (Lipinski definition) is 0. The first-order valence-electron chi connectivity index (χ1n) is 11.6. The first-order chi connectivity index (χ1) is 16.2. The number of benzene rings is 1. The van der Waals surface area contributed by atoms with Crippen LogP contribution in [0.15, 0.2) is 30.3 Å². The van der Waals surface area contributed by atoms with Gasteiger partial charge in [-0.15, -0.1) is 0 Å². The SMILES string of the molecule is CCS(=O)(=O)N1CCC(C(=O)OCC(=O)c2cc(C)n(CCc3ccc(OC)cc3)c2C)CC1. The second kappa shape index (κ2) is 11.2. The summed E-state index contributed by atoms with van der Waals surface area (Å²) < 4.78 is 38.0. The van der Waals surface area contributed by atoms with E-state index in [0.717, 1.165) is 30.1 Å². The maximum absolute atomic E-state index is 12.8. The average molecular weight is 491 g/mol. The maximum Gasteiger partial charge on any atom is 0.309 e. The number of ketones is 1. The fraction of sp³-hybridized carbons (Fsp3) is 0.520. The molecule has 0 atom stereocenters. The third-order valence-electron chi connectivity index (χ3n) is 6.55. The first-order valence-corrected chi connectivity index (χ1v) is 13.2. The Morgan fingerprint density at radius 3 is 2.32 bits per heavy atom. The number of aromatic nitrogens is 1. The van der Waals surface area contributed by atoms with Crippen LogP contribution in [-0.2, 0) is 32.5 Å². The van der Waals surface area contributed by atoms with Crippen molar-refractivity contribution in [3.63, 3.8) is 0 Å². The van der Waals surface area contributed by atoms with Crippen LogP contribution < -0.4 is 4.74 Å². The van der Waals surface area contributed by atoms with Crippen LogP contribution >= 0.6 is 0 Å². The molecule has 3 rings (SSSR count). The van der Waals surface area contributed by atoms with Crippen molar-refractivity contribution in [1.82, 2.24) is 8.87 Å². The second-order valence-corrected chi connectivity index (χ2v) is 10.9. The van der Waals surface area contributed by atoms with E-state index in [2.05, 4.69) is 4.57 Å². The van der Waals surface area contributed by atoms with E-state index in [0.29, 0.717) is 31.5 Å². The molecule has 2 aromatic rings. The lowest BCUT2D eigenvalue weighted by Crippen LogP contribution is -2.41. The molecule has 1 aliphatic rings. The van der Waals surface area contributed by atoms with Crippen LogP contribution in [0.2, 0.25) is 0 Å². The number of rotatable bonds is 10. The Labute approximate surface area is 201 Å². The molecule has 34 heavy (non-hydrogen) atoms. The highest BCUT2D eigenvalue weighted by molar-refractivity contribution is 7.89. The molecule has 8 nitrogen and oxygen atoms in total. The zero-order valence-corrected chi connectivity index (χ0v) is 21.2. The van der Waals surface area contributed by atoms with E-state index < -0.39 is 16.0 Å². The molecule has 0 N–H and O–H groups in total. The van der Waals surface area contributed by atoms with Gasteiger partial charge in [-0.25, -0.2) is 12.7 Å². The third kappa shape index (κ3) is 6.07. The molecule has 1 fully saturated rings. The fourth-order valence-corrected chi connectivity index (χ4v) is 5.48. The highest BCUT2D eigenvalue weighted by Crippen LogP contribution is 2.22. The van der Waals surface area contributed by atoms with Gasteiger partial charge in [0.2, 0.25) is 15.8 Å². The van der Waals surface area contributed by atoms with Gasteiger partial charge in [0.1, 0.15) is 5.75 Å². The van der Waals surface area contributed by atoms with E-state index in [4.69, 9.17) is 9.47 Å². The lowest BCUT2D eigenvalue weighted by molar-refractivity contribution is -0.148. The third-order valence-corrected chi connectivity index (χ3v) is 8.43. The molecule has 1 aromatic heterocycles. The molecule has 1 aromatic carbocycles. The molecule has 186 valence electrons. The Bertz CT molecular complexity index is 1110. The molecule has 9 heteroatoms. The molecule has 0 aliphatic carbocycles. The zero-order chi connectivity index (χ0) is 24.9. The quantitative estimate of drug-likeness (QED) is 0.375. The molecule has 0 saturated carbocycles. The van der Waals surface area contributed by atoms with E-state index in [1.54, 1.807) is 14.0 Å². The number of ether oxygens (including phenoxy) is 2. The summed E-state index contributed by atoms with van der Waals surface area (Å²) in [5.41, 5.74) is 3.56. The molecule has 0 radical (unpaired) electrons. The summed E-state index contributed by atoms with van der Waals surface area (Å²) in [6.07, 6.45) is 1.63. The van der Waals surface area contributed by atoms with Crippen molar-refractivity contribution >= 4 is 21.8 Å². The van der Waals surface area contributed by atoms with Crippen molar-refractivity contribution in [3.05, 3.63) is 52.8 Å². The van der Waals surface area contributed by atoms with Gasteiger partial charge in [-0.2, -0.15) is 0 Å². The van der Waals surface area contributed by atoms with E-state index >= 15 is 0 Å². The van der Waals surface area contributed by atoms with Crippen LogP contribution in [0.4, 0.5) is 0 Å². The monoisotopic (exact) mass is 490 g/mol. The summed E-state index contributed by atoms with van der Waals surface area (Å²) >= 11 is 0. The molecular weight excluding hydrogens is 456 g/mol. The Morgan fingerprint density at radius 1 is 1.09 bits per heavy atom. The smallest absolute Gasteiger partial charge is 0.309 e. The molecule has 0 spiro atoms. The summed E-state index contributed by atoms with van der Waals surface area (Å²) in [5.74, 6) is -0.183. The Morgan fingerprint density at radius 2 is 1.74 bits per heavy atom. The number of nitrogens with zero attached hydrogens (tertiary/aromatic N) is 2. The summed E-state index contributed by atoms with van der Waals surface area (Å²) in [7, 11) is -1.61. The van der Waals surface area contributed by atoms with Crippen molar-refractivity contribution in [2.45, 2.75) is 46.6 Å². The minimum absolute atomic E-state index is 0.0507. The predicted octanol–water partition coefficient (Wildman–Crippen LogP) is 3.14. The van der Waals surface area contributed by atoms with Crippen LogP contribution in [-0.4, -0.2) is 61.6 Å². The Hall–Kier alpha value is -2.65. The first kappa shape index (κ1) is 26.0. The van der Waals surface area contributed by atoms with E-state index in [1.807, 2.05) is 44.2 Å². The number of sulfonamides is 1. The van der Waals surface area contributed by atoms with Gasteiger partial charge in [-0.1, -0.05) is 12.1 Å². The molecule has 0 amide bonds. The molecule has 1 saturated heterocycles. The minimum atomic E-state index is -3.25. The van der Waals surface area contributed by atoms with Crippen LogP contribution in [0.1, 0.15) is 47.1 Å². The highest BCUT2D eigenvalue weighted by atomic mass is 32.2. The normalized spacial score (nSPS) is 15.3. The topological polar surface area (TPSA) is 94.9 Å².